The first-order chi connectivity index (χ1) is 9.76. The number of nitriles is 1. The Labute approximate surface area is 117 Å². The number of hydrogen-bond acceptors (Lipinski definition) is 2. The van der Waals surface area contributed by atoms with Crippen molar-refractivity contribution in [2.24, 2.45) is 0 Å². The van der Waals surface area contributed by atoms with Gasteiger partial charge >= 0.3 is 0 Å². The van der Waals surface area contributed by atoms with E-state index in [1.165, 1.54) is 17.2 Å². The van der Waals surface area contributed by atoms with Crippen LogP contribution in [-0.2, 0) is 12.8 Å². The van der Waals surface area contributed by atoms with Crippen LogP contribution in [0.1, 0.15) is 23.1 Å². The Kier molecular flexibility index (Phi) is 3.39. The van der Waals surface area contributed by atoms with Crippen LogP contribution in [0.2, 0.25) is 0 Å². The smallest absolute Gasteiger partial charge is 0.147 e. The van der Waals surface area contributed by atoms with Crippen molar-refractivity contribution in [2.75, 3.05) is 5.32 Å². The van der Waals surface area contributed by atoms with Gasteiger partial charge in [0.25, 0.3) is 0 Å². The molecule has 0 saturated carbocycles. The minimum atomic E-state index is -0.358. The molecule has 1 unspecified atom stereocenters. The number of halogens is 1. The van der Waals surface area contributed by atoms with Crippen LogP contribution in [-0.4, -0.2) is 6.04 Å². The molecule has 1 N–H and O–H groups in total. The topological polar surface area (TPSA) is 35.8 Å². The molecule has 0 heterocycles. The van der Waals surface area contributed by atoms with Gasteiger partial charge < -0.3 is 5.32 Å². The van der Waals surface area contributed by atoms with E-state index in [4.69, 9.17) is 5.26 Å². The zero-order chi connectivity index (χ0) is 13.9. The minimum absolute atomic E-state index is 0.243. The summed E-state index contributed by atoms with van der Waals surface area (Å²) in [6.07, 6.45) is 2.93. The summed E-state index contributed by atoms with van der Waals surface area (Å²) in [5.41, 5.74) is 3.56. The van der Waals surface area contributed by atoms with E-state index in [-0.39, 0.29) is 11.9 Å². The highest BCUT2D eigenvalue weighted by Gasteiger charge is 2.18. The largest absolute Gasteiger partial charge is 0.380 e. The Balaban J connectivity index is 1.75. The summed E-state index contributed by atoms with van der Waals surface area (Å²) in [6, 6.07) is 15.2. The lowest BCUT2D eigenvalue weighted by Crippen LogP contribution is -2.27. The normalized spacial score (nSPS) is 17.1. The molecule has 0 saturated heterocycles. The Morgan fingerprint density at radius 2 is 1.95 bits per heavy atom. The predicted octanol–water partition coefficient (Wildman–Crippen LogP) is 3.67. The second kappa shape index (κ2) is 5.34. The summed E-state index contributed by atoms with van der Waals surface area (Å²) in [5.74, 6) is -0.358. The molecular weight excluding hydrogens is 251 g/mol. The summed E-state index contributed by atoms with van der Waals surface area (Å²) in [5, 5.41) is 12.0. The molecule has 0 spiro atoms. The molecule has 1 aliphatic rings. The molecule has 100 valence electrons. The third-order valence-electron chi connectivity index (χ3n) is 3.80. The third-order valence-corrected chi connectivity index (χ3v) is 3.80. The molecule has 1 aliphatic carbocycles. The first kappa shape index (κ1) is 12.7. The van der Waals surface area contributed by atoms with Crippen molar-refractivity contribution >= 4 is 5.69 Å². The number of nitrogens with zero attached hydrogens (tertiary/aromatic N) is 1. The summed E-state index contributed by atoms with van der Waals surface area (Å²) in [7, 11) is 0. The number of aryl methyl sites for hydroxylation is 1. The molecule has 0 bridgehead atoms. The maximum absolute atomic E-state index is 13.9. The lowest BCUT2D eigenvalue weighted by molar-refractivity contribution is 0.592. The van der Waals surface area contributed by atoms with Gasteiger partial charge in [-0.1, -0.05) is 24.3 Å². The van der Waals surface area contributed by atoms with E-state index in [1.54, 1.807) is 12.1 Å². The monoisotopic (exact) mass is 266 g/mol. The Morgan fingerprint density at radius 1 is 1.15 bits per heavy atom. The third kappa shape index (κ3) is 2.50. The quantitative estimate of drug-likeness (QED) is 0.900. The molecule has 3 rings (SSSR count). The molecule has 1 atom stereocenters. The molecule has 0 fully saturated rings. The Hall–Kier alpha value is -2.34. The first-order valence-corrected chi connectivity index (χ1v) is 6.79. The van der Waals surface area contributed by atoms with Crippen LogP contribution in [0.3, 0.4) is 0 Å². The lowest BCUT2D eigenvalue weighted by atomic mass is 9.88. The highest BCUT2D eigenvalue weighted by Crippen LogP contribution is 2.25. The number of fused-ring (bicyclic) bond motifs is 1. The Morgan fingerprint density at radius 3 is 2.70 bits per heavy atom. The van der Waals surface area contributed by atoms with Crippen molar-refractivity contribution in [1.82, 2.24) is 0 Å². The average Bonchev–Trinajstić information content (AvgIpc) is 2.49. The van der Waals surface area contributed by atoms with Gasteiger partial charge in [-0.2, -0.15) is 5.26 Å². The average molecular weight is 266 g/mol. The van der Waals surface area contributed by atoms with Crippen LogP contribution in [0.5, 0.6) is 0 Å². The highest BCUT2D eigenvalue weighted by molar-refractivity contribution is 5.50. The molecule has 0 aliphatic heterocycles. The number of rotatable bonds is 2. The van der Waals surface area contributed by atoms with Crippen LogP contribution < -0.4 is 5.32 Å². The fourth-order valence-corrected chi connectivity index (χ4v) is 2.74. The van der Waals surface area contributed by atoms with Gasteiger partial charge in [0, 0.05) is 6.04 Å². The first-order valence-electron chi connectivity index (χ1n) is 6.79. The molecule has 20 heavy (non-hydrogen) atoms. The van der Waals surface area contributed by atoms with Gasteiger partial charge in [0.1, 0.15) is 5.82 Å². The van der Waals surface area contributed by atoms with Crippen LogP contribution in [0.4, 0.5) is 10.1 Å². The highest BCUT2D eigenvalue weighted by atomic mass is 19.1. The molecule has 0 amide bonds. The SMILES string of the molecule is N#Cc1ccc(NC2CCc3ccccc3C2)c(F)c1. The number of hydrogen-bond donors (Lipinski definition) is 1. The number of nitrogens with one attached hydrogen (secondary N) is 1. The second-order valence-corrected chi connectivity index (χ2v) is 5.16. The van der Waals surface area contributed by atoms with E-state index >= 15 is 0 Å². The van der Waals surface area contributed by atoms with Gasteiger partial charge in [0.05, 0.1) is 17.3 Å². The number of benzene rings is 2. The van der Waals surface area contributed by atoms with Crippen LogP contribution in [0, 0.1) is 17.1 Å². The van der Waals surface area contributed by atoms with Gasteiger partial charge in [-0.25, -0.2) is 4.39 Å². The second-order valence-electron chi connectivity index (χ2n) is 5.16. The van der Waals surface area contributed by atoms with Crippen molar-refractivity contribution < 1.29 is 4.39 Å². The summed E-state index contributed by atoms with van der Waals surface area (Å²) >= 11 is 0. The van der Waals surface area contributed by atoms with E-state index < -0.39 is 0 Å². The number of anilines is 1. The molecule has 2 nitrogen and oxygen atoms in total. The van der Waals surface area contributed by atoms with Crippen molar-refractivity contribution in [2.45, 2.75) is 25.3 Å². The van der Waals surface area contributed by atoms with Crippen LogP contribution >= 0.6 is 0 Å². The summed E-state index contributed by atoms with van der Waals surface area (Å²) in [4.78, 5) is 0. The van der Waals surface area contributed by atoms with Gasteiger partial charge in [-0.3, -0.25) is 0 Å². The minimum Gasteiger partial charge on any atom is -0.380 e. The van der Waals surface area contributed by atoms with Crippen LogP contribution in [0.25, 0.3) is 0 Å². The maximum atomic E-state index is 13.9. The van der Waals surface area contributed by atoms with Gasteiger partial charge in [0.15, 0.2) is 0 Å². The molecular formula is C17H15FN2. The van der Waals surface area contributed by atoms with Crippen molar-refractivity contribution in [3.8, 4) is 6.07 Å². The predicted molar refractivity (Wildman–Crippen MR) is 77.0 cm³/mol. The lowest BCUT2D eigenvalue weighted by Gasteiger charge is -2.26. The van der Waals surface area contributed by atoms with Crippen molar-refractivity contribution in [3.63, 3.8) is 0 Å². The van der Waals surface area contributed by atoms with Crippen molar-refractivity contribution in [3.05, 3.63) is 65.0 Å². The van der Waals surface area contributed by atoms with Crippen molar-refractivity contribution in [1.29, 1.82) is 5.26 Å². The zero-order valence-electron chi connectivity index (χ0n) is 11.1. The molecule has 2 aromatic rings. The summed E-state index contributed by atoms with van der Waals surface area (Å²) < 4.78 is 13.9. The van der Waals surface area contributed by atoms with E-state index in [0.717, 1.165) is 19.3 Å². The van der Waals surface area contributed by atoms with Crippen LogP contribution in [0.15, 0.2) is 42.5 Å². The fraction of sp³-hybridized carbons (Fsp3) is 0.235. The molecule has 0 radical (unpaired) electrons. The molecule has 0 aromatic heterocycles. The van der Waals surface area contributed by atoms with E-state index in [0.29, 0.717) is 11.3 Å². The Bertz CT molecular complexity index is 673. The van der Waals surface area contributed by atoms with Gasteiger partial charge in [0.2, 0.25) is 0 Å². The molecule has 3 heteroatoms. The van der Waals surface area contributed by atoms with E-state index in [9.17, 15) is 4.39 Å². The summed E-state index contributed by atoms with van der Waals surface area (Å²) in [6.45, 7) is 0. The maximum Gasteiger partial charge on any atom is 0.147 e. The standard InChI is InChI=1S/C17H15FN2/c18-16-9-12(11-19)5-8-17(16)20-15-7-6-13-3-1-2-4-14(13)10-15/h1-5,8-9,15,20H,6-7,10H2. The van der Waals surface area contributed by atoms with Gasteiger partial charge in [-0.15, -0.1) is 0 Å². The zero-order valence-corrected chi connectivity index (χ0v) is 11.1. The van der Waals surface area contributed by atoms with Gasteiger partial charge in [-0.05, 0) is 48.6 Å². The fourth-order valence-electron chi connectivity index (χ4n) is 2.74. The van der Waals surface area contributed by atoms with E-state index in [2.05, 4.69) is 23.5 Å². The molecule has 2 aromatic carbocycles. The van der Waals surface area contributed by atoms with E-state index in [1.807, 2.05) is 12.1 Å².